The molecule has 2 aromatic rings. The van der Waals surface area contributed by atoms with Crippen molar-refractivity contribution >= 4 is 29.4 Å². The van der Waals surface area contributed by atoms with E-state index >= 15 is 0 Å². The lowest BCUT2D eigenvalue weighted by atomic mass is 10.0. The maximum atomic E-state index is 13.1. The van der Waals surface area contributed by atoms with Crippen LogP contribution in [0.5, 0.6) is 5.75 Å². The van der Waals surface area contributed by atoms with E-state index in [-0.39, 0.29) is 37.0 Å². The van der Waals surface area contributed by atoms with E-state index in [0.29, 0.717) is 23.4 Å². The fourth-order valence-electron chi connectivity index (χ4n) is 3.80. The van der Waals surface area contributed by atoms with Crippen molar-refractivity contribution in [2.24, 2.45) is 0 Å². The van der Waals surface area contributed by atoms with Crippen molar-refractivity contribution < 1.29 is 29.0 Å². The molecule has 4 rings (SSSR count). The van der Waals surface area contributed by atoms with Crippen LogP contribution in [0.3, 0.4) is 0 Å². The first kappa shape index (κ1) is 20.4. The first-order valence-corrected chi connectivity index (χ1v) is 9.86. The molecule has 0 spiro atoms. The number of amides is 3. The Hall–Kier alpha value is -3.88. The van der Waals surface area contributed by atoms with Crippen LogP contribution in [-0.2, 0) is 27.5 Å². The van der Waals surface area contributed by atoms with Gasteiger partial charge in [-0.15, -0.1) is 0 Å². The first-order chi connectivity index (χ1) is 14.9. The molecule has 9 nitrogen and oxygen atoms in total. The summed E-state index contributed by atoms with van der Waals surface area (Å²) in [5.41, 5.74) is 2.51. The zero-order valence-electron chi connectivity index (χ0n) is 16.6. The molecule has 3 amide bonds. The van der Waals surface area contributed by atoms with E-state index in [2.05, 4.69) is 10.6 Å². The van der Waals surface area contributed by atoms with E-state index in [9.17, 15) is 19.2 Å². The van der Waals surface area contributed by atoms with Crippen molar-refractivity contribution in [2.75, 3.05) is 11.9 Å². The Bertz CT molecular complexity index is 1050. The minimum Gasteiger partial charge on any atom is -0.481 e. The van der Waals surface area contributed by atoms with E-state index in [0.717, 1.165) is 5.56 Å². The SMILES string of the molecule is O=C(O)COc1cc(NCc2ccccc2)cc2c1CN(C1CCC(=O)NC1=O)C2=O. The molecule has 0 aliphatic carbocycles. The quantitative estimate of drug-likeness (QED) is 0.577. The van der Waals surface area contributed by atoms with Crippen molar-refractivity contribution in [1.82, 2.24) is 10.2 Å². The molecule has 0 saturated carbocycles. The number of imide groups is 1. The first-order valence-electron chi connectivity index (χ1n) is 9.86. The molecule has 1 fully saturated rings. The lowest BCUT2D eigenvalue weighted by Crippen LogP contribution is -2.52. The van der Waals surface area contributed by atoms with E-state index in [1.54, 1.807) is 12.1 Å². The van der Waals surface area contributed by atoms with Crippen molar-refractivity contribution in [1.29, 1.82) is 0 Å². The monoisotopic (exact) mass is 423 g/mol. The van der Waals surface area contributed by atoms with Crippen LogP contribution in [0.1, 0.15) is 34.3 Å². The molecule has 3 N–H and O–H groups in total. The fourth-order valence-corrected chi connectivity index (χ4v) is 3.80. The standard InChI is InChI=1S/C22H21N3O6/c26-19-7-6-17(21(29)24-19)25-11-16-15(22(25)30)8-14(9-18(16)31-12-20(27)28)23-10-13-4-2-1-3-5-13/h1-5,8-9,17,23H,6-7,10-12H2,(H,27,28)(H,24,26,29). The Morgan fingerprint density at radius 3 is 2.68 bits per heavy atom. The highest BCUT2D eigenvalue weighted by Gasteiger charge is 2.40. The Morgan fingerprint density at radius 2 is 1.97 bits per heavy atom. The predicted molar refractivity (Wildman–Crippen MR) is 109 cm³/mol. The molecule has 0 bridgehead atoms. The van der Waals surface area contributed by atoms with E-state index < -0.39 is 24.5 Å². The second-order valence-electron chi connectivity index (χ2n) is 7.42. The Kier molecular flexibility index (Phi) is 5.57. The van der Waals surface area contributed by atoms with Crippen LogP contribution in [0.25, 0.3) is 0 Å². The highest BCUT2D eigenvalue weighted by atomic mass is 16.5. The zero-order valence-corrected chi connectivity index (χ0v) is 16.6. The van der Waals surface area contributed by atoms with Crippen LogP contribution >= 0.6 is 0 Å². The lowest BCUT2D eigenvalue weighted by Gasteiger charge is -2.29. The number of carbonyl (C=O) groups is 4. The minimum absolute atomic E-state index is 0.106. The number of carbonyl (C=O) groups excluding carboxylic acids is 3. The van der Waals surface area contributed by atoms with E-state index in [1.807, 2.05) is 30.3 Å². The summed E-state index contributed by atoms with van der Waals surface area (Å²) in [4.78, 5) is 49.2. The molecule has 9 heteroatoms. The summed E-state index contributed by atoms with van der Waals surface area (Å²) in [6.45, 7) is 0.0542. The highest BCUT2D eigenvalue weighted by Crippen LogP contribution is 2.36. The van der Waals surface area contributed by atoms with Gasteiger partial charge in [0, 0.05) is 30.3 Å². The number of nitrogens with zero attached hydrogens (tertiary/aromatic N) is 1. The third-order valence-corrected chi connectivity index (χ3v) is 5.31. The molecule has 0 radical (unpaired) electrons. The summed E-state index contributed by atoms with van der Waals surface area (Å²) in [5, 5.41) is 14.5. The maximum Gasteiger partial charge on any atom is 0.341 e. The summed E-state index contributed by atoms with van der Waals surface area (Å²) < 4.78 is 5.46. The average Bonchev–Trinajstić information content (AvgIpc) is 3.08. The number of aliphatic carboxylic acids is 1. The summed E-state index contributed by atoms with van der Waals surface area (Å²) >= 11 is 0. The topological polar surface area (TPSA) is 125 Å². The fraction of sp³-hybridized carbons (Fsp3) is 0.273. The maximum absolute atomic E-state index is 13.1. The van der Waals surface area contributed by atoms with Crippen molar-refractivity contribution in [3.8, 4) is 5.75 Å². The van der Waals surface area contributed by atoms with Gasteiger partial charge in [0.15, 0.2) is 6.61 Å². The molecule has 2 aromatic carbocycles. The normalized spacial score (nSPS) is 17.9. The zero-order chi connectivity index (χ0) is 22.0. The van der Waals surface area contributed by atoms with Crippen molar-refractivity contribution in [3.63, 3.8) is 0 Å². The van der Waals surface area contributed by atoms with Crippen LogP contribution < -0.4 is 15.4 Å². The van der Waals surface area contributed by atoms with Gasteiger partial charge in [0.2, 0.25) is 11.8 Å². The third-order valence-electron chi connectivity index (χ3n) is 5.31. The van der Waals surface area contributed by atoms with Gasteiger partial charge in [-0.2, -0.15) is 0 Å². The number of nitrogens with one attached hydrogen (secondary N) is 2. The van der Waals surface area contributed by atoms with Crippen LogP contribution in [-0.4, -0.2) is 46.3 Å². The molecule has 1 atom stereocenters. The third kappa shape index (κ3) is 4.35. The van der Waals surface area contributed by atoms with Crippen molar-refractivity contribution in [3.05, 3.63) is 59.2 Å². The van der Waals surface area contributed by atoms with Gasteiger partial charge in [0.05, 0.1) is 12.1 Å². The number of hydrogen-bond acceptors (Lipinski definition) is 6. The molecule has 1 unspecified atom stereocenters. The number of carboxylic acids is 1. The lowest BCUT2D eigenvalue weighted by molar-refractivity contribution is -0.139. The number of fused-ring (bicyclic) bond motifs is 1. The Labute approximate surface area is 178 Å². The number of rotatable bonds is 7. The van der Waals surface area contributed by atoms with E-state index in [4.69, 9.17) is 9.84 Å². The molecule has 2 aliphatic rings. The largest absolute Gasteiger partial charge is 0.481 e. The minimum atomic E-state index is -1.14. The second kappa shape index (κ2) is 8.47. The number of ether oxygens (including phenoxy) is 1. The molecular weight excluding hydrogens is 402 g/mol. The summed E-state index contributed by atoms with van der Waals surface area (Å²) in [7, 11) is 0. The van der Waals surface area contributed by atoms with Gasteiger partial charge in [0.1, 0.15) is 11.8 Å². The smallest absolute Gasteiger partial charge is 0.341 e. The number of hydrogen-bond donors (Lipinski definition) is 3. The average molecular weight is 423 g/mol. The van der Waals surface area contributed by atoms with E-state index in [1.165, 1.54) is 4.90 Å². The molecule has 31 heavy (non-hydrogen) atoms. The number of benzene rings is 2. The molecule has 2 heterocycles. The number of piperidine rings is 1. The van der Waals surface area contributed by atoms with Crippen LogP contribution in [0, 0.1) is 0 Å². The van der Waals surface area contributed by atoms with Gasteiger partial charge in [-0.05, 0) is 18.1 Å². The van der Waals surface area contributed by atoms with Crippen LogP contribution in [0.4, 0.5) is 5.69 Å². The molecule has 2 aliphatic heterocycles. The van der Waals surface area contributed by atoms with Gasteiger partial charge in [-0.3, -0.25) is 19.7 Å². The van der Waals surface area contributed by atoms with Gasteiger partial charge in [-0.1, -0.05) is 30.3 Å². The van der Waals surface area contributed by atoms with Gasteiger partial charge in [0.25, 0.3) is 5.91 Å². The van der Waals surface area contributed by atoms with Crippen LogP contribution in [0.2, 0.25) is 0 Å². The number of anilines is 1. The second-order valence-corrected chi connectivity index (χ2v) is 7.42. The van der Waals surface area contributed by atoms with Gasteiger partial charge >= 0.3 is 5.97 Å². The molecule has 0 aromatic heterocycles. The summed E-state index contributed by atoms with van der Waals surface area (Å²) in [6.07, 6.45) is 0.400. The predicted octanol–water partition coefficient (Wildman–Crippen LogP) is 1.52. The number of carboxylic acid groups (broad SMARTS) is 1. The Balaban J connectivity index is 1.61. The summed E-state index contributed by atoms with van der Waals surface area (Å²) in [6, 6.07) is 12.2. The van der Waals surface area contributed by atoms with Crippen molar-refractivity contribution in [2.45, 2.75) is 32.0 Å². The summed E-state index contributed by atoms with van der Waals surface area (Å²) in [5.74, 6) is -2.08. The Morgan fingerprint density at radius 1 is 1.19 bits per heavy atom. The van der Waals surface area contributed by atoms with Gasteiger partial charge in [-0.25, -0.2) is 4.79 Å². The molecule has 160 valence electrons. The van der Waals surface area contributed by atoms with Crippen LogP contribution in [0.15, 0.2) is 42.5 Å². The molecule has 1 saturated heterocycles. The van der Waals surface area contributed by atoms with Gasteiger partial charge < -0.3 is 20.1 Å². The highest BCUT2D eigenvalue weighted by molar-refractivity contribution is 6.06. The molecular formula is C22H21N3O6.